The summed E-state index contributed by atoms with van der Waals surface area (Å²) in [5, 5.41) is 10.7. The summed E-state index contributed by atoms with van der Waals surface area (Å²) in [6.07, 6.45) is 5.63. The van der Waals surface area contributed by atoms with E-state index < -0.39 is 11.8 Å². The molecule has 1 saturated heterocycles. The number of aromatic hydroxyl groups is 1. The molecule has 0 bridgehead atoms. The molecule has 166 valence electrons. The molecule has 1 aromatic carbocycles. The standard InChI is InChI=1S/C23H31IO6/c1-4-5-6-7-16-8-14-9-17(25)20(22(26)27-3)21-19(14)18(29-16)10-23(30-21)13(2)15(11-24)12-28-23/h9,13,15-16,18,25H,4-8,10-12H2,1-3H3/t13-,15+,16+,18-,23-/m1/s1. The van der Waals surface area contributed by atoms with Gasteiger partial charge in [0.15, 0.2) is 0 Å². The Morgan fingerprint density at radius 2 is 2.20 bits per heavy atom. The van der Waals surface area contributed by atoms with Gasteiger partial charge in [0.2, 0.25) is 5.79 Å². The average Bonchev–Trinajstić information content (AvgIpc) is 3.02. The van der Waals surface area contributed by atoms with E-state index >= 15 is 0 Å². The van der Waals surface area contributed by atoms with Crippen molar-refractivity contribution in [1.29, 1.82) is 0 Å². The minimum atomic E-state index is -0.855. The summed E-state index contributed by atoms with van der Waals surface area (Å²) in [4.78, 5) is 12.5. The second-order valence-electron chi connectivity index (χ2n) is 8.74. The van der Waals surface area contributed by atoms with E-state index in [-0.39, 0.29) is 29.4 Å². The summed E-state index contributed by atoms with van der Waals surface area (Å²) in [6, 6.07) is 1.70. The van der Waals surface area contributed by atoms with Crippen LogP contribution in [-0.4, -0.2) is 41.1 Å². The van der Waals surface area contributed by atoms with Gasteiger partial charge >= 0.3 is 5.97 Å². The molecule has 1 fully saturated rings. The first-order valence-electron chi connectivity index (χ1n) is 11.0. The number of unbranched alkanes of at least 4 members (excludes halogenated alkanes) is 2. The highest BCUT2D eigenvalue weighted by Crippen LogP contribution is 2.55. The van der Waals surface area contributed by atoms with Crippen molar-refractivity contribution in [2.45, 2.75) is 70.4 Å². The van der Waals surface area contributed by atoms with E-state index in [1.807, 2.05) is 0 Å². The Kier molecular flexibility index (Phi) is 6.51. The molecular weight excluding hydrogens is 499 g/mol. The third kappa shape index (κ3) is 3.71. The third-order valence-corrected chi connectivity index (χ3v) is 8.05. The van der Waals surface area contributed by atoms with Crippen LogP contribution in [0.15, 0.2) is 6.07 Å². The molecule has 5 atom stereocenters. The first-order valence-corrected chi connectivity index (χ1v) is 12.5. The maximum Gasteiger partial charge on any atom is 0.345 e. The average molecular weight is 530 g/mol. The zero-order valence-electron chi connectivity index (χ0n) is 17.9. The van der Waals surface area contributed by atoms with Crippen molar-refractivity contribution in [2.24, 2.45) is 11.8 Å². The molecule has 0 saturated carbocycles. The van der Waals surface area contributed by atoms with Crippen LogP contribution in [0.5, 0.6) is 11.5 Å². The SMILES string of the molecule is CCCCC[C@H]1Cc2cc(O)c(C(=O)OC)c3c2[C@@H](C[C@@]2(OC[C@H](CI)[C@H]2C)O3)O1. The van der Waals surface area contributed by atoms with Crippen LogP contribution in [0.3, 0.4) is 0 Å². The van der Waals surface area contributed by atoms with Crippen molar-refractivity contribution >= 4 is 28.6 Å². The lowest BCUT2D eigenvalue weighted by atomic mass is 9.80. The van der Waals surface area contributed by atoms with Crippen molar-refractivity contribution in [1.82, 2.24) is 0 Å². The summed E-state index contributed by atoms with van der Waals surface area (Å²) in [5.74, 6) is -0.676. The van der Waals surface area contributed by atoms with Crippen LogP contribution in [0.25, 0.3) is 0 Å². The van der Waals surface area contributed by atoms with Gasteiger partial charge in [-0.2, -0.15) is 0 Å². The Labute approximate surface area is 191 Å². The fourth-order valence-corrected chi connectivity index (χ4v) is 6.09. The molecule has 6 nitrogen and oxygen atoms in total. The molecule has 3 aliphatic heterocycles. The normalized spacial score (nSPS) is 32.0. The first-order chi connectivity index (χ1) is 14.4. The molecule has 0 aliphatic carbocycles. The number of phenols is 1. The van der Waals surface area contributed by atoms with Crippen LogP contribution in [-0.2, 0) is 20.6 Å². The molecule has 0 unspecified atom stereocenters. The number of carbonyl (C=O) groups excluding carboxylic acids is 1. The molecule has 1 spiro atoms. The lowest BCUT2D eigenvalue weighted by Gasteiger charge is -2.45. The maximum atomic E-state index is 12.5. The molecule has 1 aromatic rings. The lowest BCUT2D eigenvalue weighted by Crippen LogP contribution is -2.48. The number of hydrogen-bond donors (Lipinski definition) is 1. The van der Waals surface area contributed by atoms with Crippen molar-refractivity contribution in [3.05, 3.63) is 22.8 Å². The zero-order valence-corrected chi connectivity index (χ0v) is 20.1. The Hall–Kier alpha value is -1.06. The van der Waals surface area contributed by atoms with Gasteiger partial charge in [-0.15, -0.1) is 0 Å². The van der Waals surface area contributed by atoms with E-state index in [4.69, 9.17) is 18.9 Å². The number of rotatable bonds is 6. The van der Waals surface area contributed by atoms with Gasteiger partial charge in [0, 0.05) is 28.2 Å². The summed E-state index contributed by atoms with van der Waals surface area (Å²) < 4.78 is 25.2. The van der Waals surface area contributed by atoms with Crippen molar-refractivity contribution in [3.8, 4) is 11.5 Å². The minimum Gasteiger partial charge on any atom is -0.507 e. The highest BCUT2D eigenvalue weighted by atomic mass is 127. The molecule has 1 N–H and O–H groups in total. The molecule has 4 rings (SSSR count). The second kappa shape index (κ2) is 8.82. The van der Waals surface area contributed by atoms with Gasteiger partial charge in [0.25, 0.3) is 0 Å². The Morgan fingerprint density at radius 3 is 2.87 bits per heavy atom. The number of halogens is 1. The summed E-state index contributed by atoms with van der Waals surface area (Å²) >= 11 is 2.38. The van der Waals surface area contributed by atoms with E-state index in [2.05, 4.69) is 36.4 Å². The van der Waals surface area contributed by atoms with Crippen molar-refractivity contribution in [3.63, 3.8) is 0 Å². The zero-order chi connectivity index (χ0) is 21.5. The summed E-state index contributed by atoms with van der Waals surface area (Å²) in [7, 11) is 1.31. The molecule has 0 amide bonds. The van der Waals surface area contributed by atoms with Crippen molar-refractivity contribution in [2.75, 3.05) is 18.1 Å². The molecule has 3 aliphatic rings. The van der Waals surface area contributed by atoms with Crippen LogP contribution in [0.4, 0.5) is 0 Å². The van der Waals surface area contributed by atoms with E-state index in [0.717, 1.165) is 28.4 Å². The molecule has 3 heterocycles. The number of ether oxygens (including phenoxy) is 4. The maximum absolute atomic E-state index is 12.5. The smallest absolute Gasteiger partial charge is 0.345 e. The van der Waals surface area contributed by atoms with Gasteiger partial charge in [-0.05, 0) is 24.5 Å². The highest BCUT2D eigenvalue weighted by Gasteiger charge is 2.56. The number of hydrogen-bond acceptors (Lipinski definition) is 6. The Morgan fingerprint density at radius 1 is 1.40 bits per heavy atom. The predicted molar refractivity (Wildman–Crippen MR) is 120 cm³/mol. The monoisotopic (exact) mass is 530 g/mol. The topological polar surface area (TPSA) is 74.2 Å². The van der Waals surface area contributed by atoms with E-state index in [0.29, 0.717) is 31.1 Å². The number of carbonyl (C=O) groups is 1. The predicted octanol–water partition coefficient (Wildman–Crippen LogP) is 4.94. The van der Waals surface area contributed by atoms with Gasteiger partial charge in [0.1, 0.15) is 17.1 Å². The molecular formula is C23H31IO6. The quantitative estimate of drug-likeness (QED) is 0.243. The van der Waals surface area contributed by atoms with Crippen LogP contribution < -0.4 is 4.74 Å². The Balaban J connectivity index is 1.77. The fraction of sp³-hybridized carbons (Fsp3) is 0.696. The van der Waals surface area contributed by atoms with Gasteiger partial charge < -0.3 is 24.1 Å². The van der Waals surface area contributed by atoms with Gasteiger partial charge in [0.05, 0.1) is 25.9 Å². The number of methoxy groups -OCH3 is 1. The number of alkyl halides is 1. The third-order valence-electron chi connectivity index (χ3n) is 6.92. The fourth-order valence-electron chi connectivity index (χ4n) is 5.08. The molecule has 7 heteroatoms. The molecule has 0 radical (unpaired) electrons. The minimum absolute atomic E-state index is 0.0714. The van der Waals surface area contributed by atoms with E-state index in [1.54, 1.807) is 6.07 Å². The van der Waals surface area contributed by atoms with Crippen LogP contribution in [0, 0.1) is 11.8 Å². The van der Waals surface area contributed by atoms with Gasteiger partial charge in [-0.3, -0.25) is 0 Å². The molecule has 0 aromatic heterocycles. The van der Waals surface area contributed by atoms with E-state index in [9.17, 15) is 9.90 Å². The molecule has 30 heavy (non-hydrogen) atoms. The first kappa shape index (κ1) is 22.1. The largest absolute Gasteiger partial charge is 0.507 e. The van der Waals surface area contributed by atoms with Crippen LogP contribution in [0.1, 0.15) is 73.5 Å². The highest BCUT2D eigenvalue weighted by molar-refractivity contribution is 14.1. The van der Waals surface area contributed by atoms with Gasteiger partial charge in [-0.1, -0.05) is 55.7 Å². The Bertz CT molecular complexity index is 811. The summed E-state index contributed by atoms with van der Waals surface area (Å²) in [5.41, 5.74) is 1.94. The summed E-state index contributed by atoms with van der Waals surface area (Å²) in [6.45, 7) is 4.95. The second-order valence-corrected chi connectivity index (χ2v) is 9.62. The van der Waals surface area contributed by atoms with Crippen LogP contribution in [0.2, 0.25) is 0 Å². The number of benzene rings is 1. The van der Waals surface area contributed by atoms with E-state index in [1.165, 1.54) is 20.0 Å². The number of esters is 1. The van der Waals surface area contributed by atoms with Crippen molar-refractivity contribution < 1.29 is 28.8 Å². The lowest BCUT2D eigenvalue weighted by molar-refractivity contribution is -0.214. The van der Waals surface area contributed by atoms with Gasteiger partial charge in [-0.25, -0.2) is 4.79 Å². The number of phenolic OH excluding ortho intramolecular Hbond substituents is 1. The van der Waals surface area contributed by atoms with Crippen LogP contribution >= 0.6 is 22.6 Å².